The van der Waals surface area contributed by atoms with E-state index in [2.05, 4.69) is 98.8 Å². The summed E-state index contributed by atoms with van der Waals surface area (Å²) in [7, 11) is 0. The molecule has 0 fully saturated rings. The normalized spacial score (nSPS) is 15.4. The van der Waals surface area contributed by atoms with E-state index in [0.717, 1.165) is 12.3 Å². The molecule has 0 spiro atoms. The number of benzene rings is 3. The van der Waals surface area contributed by atoms with Crippen LogP contribution >= 0.6 is 0 Å². The second kappa shape index (κ2) is 7.90. The van der Waals surface area contributed by atoms with E-state index in [4.69, 9.17) is 9.73 Å². The first-order valence-electron chi connectivity index (χ1n) is 9.32. The zero-order chi connectivity index (χ0) is 18.7. The van der Waals surface area contributed by atoms with Gasteiger partial charge in [-0.1, -0.05) is 0 Å². The van der Waals surface area contributed by atoms with Gasteiger partial charge in [0.15, 0.2) is 0 Å². The summed E-state index contributed by atoms with van der Waals surface area (Å²) in [5.41, 5.74) is 1.24. The molecule has 3 heteroatoms. The standard InChI is InChI=1S/C12H14NO.2C6H5.Sb/c1-12(2)9-14-11(13-12)8-10-6-4-3-5-7-10;2*1-2-4-6-5-3-1;/h3-6H,8-9H2,1-2H3;2*1-5H;. The summed E-state index contributed by atoms with van der Waals surface area (Å²) in [5, 5.41) is 0. The zero-order valence-electron chi connectivity index (χ0n) is 15.8. The molecule has 0 bridgehead atoms. The molecule has 4 rings (SSSR count). The van der Waals surface area contributed by atoms with Gasteiger partial charge in [0.05, 0.1) is 0 Å². The number of ether oxygens (including phenoxy) is 1. The monoisotopic (exact) mass is 463 g/mol. The van der Waals surface area contributed by atoms with Crippen molar-refractivity contribution in [3.05, 3.63) is 90.5 Å². The van der Waals surface area contributed by atoms with Crippen molar-refractivity contribution in [3.8, 4) is 0 Å². The Bertz CT molecular complexity index is 895. The van der Waals surface area contributed by atoms with E-state index in [1.54, 1.807) is 0 Å². The molecule has 0 atom stereocenters. The topological polar surface area (TPSA) is 21.6 Å². The van der Waals surface area contributed by atoms with E-state index < -0.39 is 20.2 Å². The second-order valence-electron chi connectivity index (χ2n) is 7.42. The van der Waals surface area contributed by atoms with Crippen molar-refractivity contribution in [1.29, 1.82) is 0 Å². The van der Waals surface area contributed by atoms with E-state index in [1.165, 1.54) is 16.1 Å². The van der Waals surface area contributed by atoms with Crippen molar-refractivity contribution < 1.29 is 4.74 Å². The summed E-state index contributed by atoms with van der Waals surface area (Å²) in [4.78, 5) is 4.78. The first kappa shape index (κ1) is 18.3. The van der Waals surface area contributed by atoms with Crippen molar-refractivity contribution in [1.82, 2.24) is 0 Å². The van der Waals surface area contributed by atoms with Crippen LogP contribution in [0.3, 0.4) is 0 Å². The molecule has 0 amide bonds. The number of aliphatic imine (C=N–C) groups is 1. The van der Waals surface area contributed by atoms with Gasteiger partial charge in [-0.3, -0.25) is 0 Å². The van der Waals surface area contributed by atoms with Gasteiger partial charge in [0.25, 0.3) is 0 Å². The molecule has 136 valence electrons. The summed E-state index contributed by atoms with van der Waals surface area (Å²) in [6.45, 7) is 4.92. The molecule has 0 saturated carbocycles. The molecule has 2 nitrogen and oxygen atoms in total. The van der Waals surface area contributed by atoms with Crippen LogP contribution in [0.2, 0.25) is 0 Å². The predicted octanol–water partition coefficient (Wildman–Crippen LogP) is 2.95. The van der Waals surface area contributed by atoms with Crippen LogP contribution in [0.25, 0.3) is 0 Å². The number of nitrogens with zero attached hydrogens (tertiary/aromatic N) is 1. The molecule has 0 aliphatic carbocycles. The van der Waals surface area contributed by atoms with E-state index in [1.807, 2.05) is 0 Å². The van der Waals surface area contributed by atoms with E-state index >= 15 is 0 Å². The van der Waals surface area contributed by atoms with Crippen molar-refractivity contribution >= 4 is 36.6 Å². The Morgan fingerprint density at radius 2 is 1.37 bits per heavy atom. The molecule has 0 radical (unpaired) electrons. The molecule has 0 aromatic heterocycles. The Morgan fingerprint density at radius 3 is 1.93 bits per heavy atom. The van der Waals surface area contributed by atoms with Crippen LogP contribution in [0, 0.1) is 0 Å². The third-order valence-corrected chi connectivity index (χ3v) is 11.9. The third kappa shape index (κ3) is 4.27. The first-order chi connectivity index (χ1) is 13.1. The molecule has 1 aliphatic rings. The van der Waals surface area contributed by atoms with Crippen molar-refractivity contribution in [2.75, 3.05) is 6.61 Å². The summed E-state index contributed by atoms with van der Waals surface area (Å²) in [5.74, 6) is 0.869. The van der Waals surface area contributed by atoms with E-state index in [-0.39, 0.29) is 5.54 Å². The molecule has 3 aromatic rings. The fraction of sp³-hybridized carbons (Fsp3) is 0.208. The summed E-state index contributed by atoms with van der Waals surface area (Å²) in [6.07, 6.45) is 0.778. The van der Waals surface area contributed by atoms with Crippen LogP contribution in [0.4, 0.5) is 0 Å². The van der Waals surface area contributed by atoms with Gasteiger partial charge in [-0.25, -0.2) is 0 Å². The molecule has 3 aromatic carbocycles. The Balaban J connectivity index is 1.78. The average Bonchev–Trinajstić information content (AvgIpc) is 3.03. The summed E-state index contributed by atoms with van der Waals surface area (Å²) < 4.78 is 10.3. The molecule has 0 saturated heterocycles. The first-order valence-corrected chi connectivity index (χ1v) is 13.1. The van der Waals surface area contributed by atoms with Crippen LogP contribution in [0.15, 0.2) is 89.9 Å². The van der Waals surface area contributed by atoms with Gasteiger partial charge in [-0.05, 0) is 0 Å². The molecule has 1 aliphatic heterocycles. The number of hydrogen-bond donors (Lipinski definition) is 0. The maximum absolute atomic E-state index is 5.89. The Hall–Kier alpha value is -2.05. The minimum absolute atomic E-state index is 0.108. The van der Waals surface area contributed by atoms with Crippen molar-refractivity contribution in [3.63, 3.8) is 0 Å². The molecular formula is C24H24NOSb. The van der Waals surface area contributed by atoms with Crippen molar-refractivity contribution in [2.45, 2.75) is 25.8 Å². The van der Waals surface area contributed by atoms with Crippen LogP contribution in [-0.2, 0) is 11.2 Å². The van der Waals surface area contributed by atoms with E-state index in [9.17, 15) is 0 Å². The molecule has 0 N–H and O–H groups in total. The zero-order valence-corrected chi connectivity index (χ0v) is 18.4. The van der Waals surface area contributed by atoms with Gasteiger partial charge in [0.1, 0.15) is 0 Å². The van der Waals surface area contributed by atoms with Crippen molar-refractivity contribution in [2.24, 2.45) is 4.99 Å². The molecular weight excluding hydrogens is 440 g/mol. The summed E-state index contributed by atoms with van der Waals surface area (Å²) >= 11 is -2.11. The van der Waals surface area contributed by atoms with Crippen LogP contribution in [-0.4, -0.2) is 38.3 Å². The fourth-order valence-electron chi connectivity index (χ4n) is 3.38. The van der Waals surface area contributed by atoms with Gasteiger partial charge < -0.3 is 0 Å². The van der Waals surface area contributed by atoms with Gasteiger partial charge in [-0.15, -0.1) is 0 Å². The van der Waals surface area contributed by atoms with Gasteiger partial charge in [-0.2, -0.15) is 0 Å². The quantitative estimate of drug-likeness (QED) is 0.533. The average molecular weight is 464 g/mol. The summed E-state index contributed by atoms with van der Waals surface area (Å²) in [6, 6.07) is 30.9. The predicted molar refractivity (Wildman–Crippen MR) is 115 cm³/mol. The minimum atomic E-state index is -2.11. The molecule has 0 unspecified atom stereocenters. The van der Waals surface area contributed by atoms with Gasteiger partial charge in [0.2, 0.25) is 0 Å². The fourth-order valence-corrected chi connectivity index (χ4v) is 10.4. The van der Waals surface area contributed by atoms with Crippen LogP contribution in [0.5, 0.6) is 0 Å². The van der Waals surface area contributed by atoms with Crippen LogP contribution in [0.1, 0.15) is 19.4 Å². The van der Waals surface area contributed by atoms with Crippen LogP contribution < -0.4 is 10.5 Å². The van der Waals surface area contributed by atoms with Gasteiger partial charge in [0, 0.05) is 0 Å². The Kier molecular flexibility index (Phi) is 5.36. The second-order valence-corrected chi connectivity index (χ2v) is 13.7. The SMILES string of the molecule is CC1(C)COC(Cc2cccc[c]2[Sb]([c]2ccccc2)[c]2ccccc2)=N1. The number of hydrogen-bond acceptors (Lipinski definition) is 2. The van der Waals surface area contributed by atoms with Gasteiger partial charge >= 0.3 is 169 Å². The molecule has 27 heavy (non-hydrogen) atoms. The Morgan fingerprint density at radius 1 is 0.815 bits per heavy atom. The van der Waals surface area contributed by atoms with E-state index in [0.29, 0.717) is 6.61 Å². The Labute approximate surface area is 168 Å². The third-order valence-electron chi connectivity index (χ3n) is 4.62. The maximum atomic E-state index is 5.89. The molecule has 1 heterocycles. The number of rotatable bonds is 5.